The Labute approximate surface area is 163 Å². The van der Waals surface area contributed by atoms with Gasteiger partial charge in [0.25, 0.3) is 5.91 Å². The monoisotopic (exact) mass is 390 g/mol. The van der Waals surface area contributed by atoms with E-state index in [1.807, 2.05) is 72.1 Å². The van der Waals surface area contributed by atoms with Gasteiger partial charge in [0.2, 0.25) is 0 Å². The summed E-state index contributed by atoms with van der Waals surface area (Å²) in [4.78, 5) is 23.4. The minimum Gasteiger partial charge on any atom is -0.297 e. The van der Waals surface area contributed by atoms with E-state index in [4.69, 9.17) is 0 Å². The van der Waals surface area contributed by atoms with Crippen molar-refractivity contribution in [2.24, 2.45) is 0 Å². The molecular formula is C20H14N4OS2. The molecule has 0 saturated heterocycles. The molecule has 1 amide bonds. The third-order valence-corrected chi connectivity index (χ3v) is 6.45. The van der Waals surface area contributed by atoms with Crippen LogP contribution < -0.4 is 5.32 Å². The second-order valence-corrected chi connectivity index (χ2v) is 8.11. The summed E-state index contributed by atoms with van der Waals surface area (Å²) in [6.45, 7) is 1.94. The number of fused-ring (bicyclic) bond motifs is 2. The topological polar surface area (TPSA) is 59.3 Å². The number of carbonyl (C=O) groups is 1. The van der Waals surface area contributed by atoms with Crippen molar-refractivity contribution in [2.75, 3.05) is 5.32 Å². The van der Waals surface area contributed by atoms with Gasteiger partial charge in [-0.2, -0.15) is 0 Å². The van der Waals surface area contributed by atoms with Gasteiger partial charge >= 0.3 is 0 Å². The predicted octanol–water partition coefficient (Wildman–Crippen LogP) is 5.23. The van der Waals surface area contributed by atoms with Crippen LogP contribution in [0.5, 0.6) is 0 Å². The zero-order valence-corrected chi connectivity index (χ0v) is 16.0. The molecular weight excluding hydrogens is 376 g/mol. The first-order chi connectivity index (χ1) is 13.2. The molecule has 0 aliphatic rings. The van der Waals surface area contributed by atoms with Crippen LogP contribution in [0.3, 0.4) is 0 Å². The minimum absolute atomic E-state index is 0.150. The lowest BCUT2D eigenvalue weighted by Crippen LogP contribution is -2.11. The standard InChI is InChI=1S/C20H14N4OS2/c1-12-17(18(25)23-19-21-14-9-5-6-10-16(14)26-19)27-20-22-15(11-24(12)20)13-7-3-2-4-8-13/h2-11H,1H3,(H,21,23,25). The Kier molecular flexibility index (Phi) is 3.77. The predicted molar refractivity (Wildman–Crippen MR) is 111 cm³/mol. The zero-order chi connectivity index (χ0) is 18.4. The Bertz CT molecular complexity index is 1250. The third kappa shape index (κ3) is 2.81. The number of thiazole rings is 2. The summed E-state index contributed by atoms with van der Waals surface area (Å²) >= 11 is 2.86. The molecule has 2 aromatic carbocycles. The molecule has 27 heavy (non-hydrogen) atoms. The Balaban J connectivity index is 1.46. The summed E-state index contributed by atoms with van der Waals surface area (Å²) in [6.07, 6.45) is 1.98. The molecule has 0 aliphatic carbocycles. The van der Waals surface area contributed by atoms with Crippen molar-refractivity contribution >= 4 is 48.9 Å². The van der Waals surface area contributed by atoms with E-state index in [9.17, 15) is 4.79 Å². The highest BCUT2D eigenvalue weighted by Crippen LogP contribution is 2.29. The SMILES string of the molecule is Cc1c(C(=O)Nc2nc3ccccc3s2)sc2nc(-c3ccccc3)cn12. The lowest BCUT2D eigenvalue weighted by Gasteiger charge is -2.00. The van der Waals surface area contributed by atoms with Crippen LogP contribution in [-0.2, 0) is 0 Å². The lowest BCUT2D eigenvalue weighted by atomic mass is 10.2. The van der Waals surface area contributed by atoms with Crippen LogP contribution in [0.25, 0.3) is 26.4 Å². The van der Waals surface area contributed by atoms with Crippen molar-refractivity contribution in [2.45, 2.75) is 6.92 Å². The molecule has 5 aromatic rings. The van der Waals surface area contributed by atoms with Crippen LogP contribution >= 0.6 is 22.7 Å². The van der Waals surface area contributed by atoms with Crippen molar-refractivity contribution < 1.29 is 4.79 Å². The van der Waals surface area contributed by atoms with Crippen LogP contribution in [0.4, 0.5) is 5.13 Å². The Morgan fingerprint density at radius 2 is 1.78 bits per heavy atom. The maximum atomic E-state index is 12.8. The molecule has 0 bridgehead atoms. The van der Waals surface area contributed by atoms with E-state index in [2.05, 4.69) is 15.3 Å². The fourth-order valence-electron chi connectivity index (χ4n) is 2.99. The summed E-state index contributed by atoms with van der Waals surface area (Å²) < 4.78 is 3.03. The Hall–Kier alpha value is -3.03. The quantitative estimate of drug-likeness (QED) is 0.459. The van der Waals surface area contributed by atoms with E-state index in [1.165, 1.54) is 22.7 Å². The maximum Gasteiger partial charge on any atom is 0.269 e. The van der Waals surface area contributed by atoms with Gasteiger partial charge in [0, 0.05) is 17.5 Å². The van der Waals surface area contributed by atoms with Crippen LogP contribution in [0.2, 0.25) is 0 Å². The fraction of sp³-hybridized carbons (Fsp3) is 0.0500. The third-order valence-electron chi connectivity index (χ3n) is 4.35. The maximum absolute atomic E-state index is 12.8. The van der Waals surface area contributed by atoms with E-state index in [-0.39, 0.29) is 5.91 Å². The average Bonchev–Trinajstić information content (AvgIpc) is 3.36. The number of aryl methyl sites for hydroxylation is 1. The van der Waals surface area contributed by atoms with E-state index < -0.39 is 0 Å². The second-order valence-electron chi connectivity index (χ2n) is 6.10. The number of amides is 1. The lowest BCUT2D eigenvalue weighted by molar-refractivity contribution is 0.102. The number of para-hydroxylation sites is 1. The highest BCUT2D eigenvalue weighted by Gasteiger charge is 2.19. The van der Waals surface area contributed by atoms with Crippen LogP contribution in [0.1, 0.15) is 15.4 Å². The van der Waals surface area contributed by atoms with Crippen LogP contribution in [-0.4, -0.2) is 20.3 Å². The van der Waals surface area contributed by atoms with Crippen LogP contribution in [0, 0.1) is 6.92 Å². The van der Waals surface area contributed by atoms with Crippen molar-refractivity contribution in [1.29, 1.82) is 0 Å². The Morgan fingerprint density at radius 3 is 2.56 bits per heavy atom. The Morgan fingerprint density at radius 1 is 1.00 bits per heavy atom. The highest BCUT2D eigenvalue weighted by molar-refractivity contribution is 7.22. The smallest absolute Gasteiger partial charge is 0.269 e. The molecule has 0 saturated carbocycles. The van der Waals surface area contributed by atoms with Gasteiger partial charge in [-0.25, -0.2) is 9.97 Å². The molecule has 132 valence electrons. The van der Waals surface area contributed by atoms with Gasteiger partial charge in [0.05, 0.1) is 15.9 Å². The number of rotatable bonds is 3. The van der Waals surface area contributed by atoms with E-state index in [0.717, 1.165) is 32.1 Å². The number of hydrogen-bond acceptors (Lipinski definition) is 5. The van der Waals surface area contributed by atoms with E-state index in [0.29, 0.717) is 10.0 Å². The molecule has 5 rings (SSSR count). The summed E-state index contributed by atoms with van der Waals surface area (Å²) in [5.41, 5.74) is 3.74. The first-order valence-electron chi connectivity index (χ1n) is 8.40. The number of nitrogens with one attached hydrogen (secondary N) is 1. The van der Waals surface area contributed by atoms with Gasteiger partial charge in [0.15, 0.2) is 10.1 Å². The molecule has 5 nitrogen and oxygen atoms in total. The molecule has 7 heteroatoms. The number of carbonyl (C=O) groups excluding carboxylic acids is 1. The fourth-order valence-corrected chi connectivity index (χ4v) is 4.85. The first-order valence-corrected chi connectivity index (χ1v) is 10.0. The first kappa shape index (κ1) is 16.2. The number of hydrogen-bond donors (Lipinski definition) is 1. The zero-order valence-electron chi connectivity index (χ0n) is 14.3. The summed E-state index contributed by atoms with van der Waals surface area (Å²) in [5.74, 6) is -0.150. The normalized spacial score (nSPS) is 11.3. The molecule has 1 N–H and O–H groups in total. The van der Waals surface area contributed by atoms with Crippen molar-refractivity contribution in [3.8, 4) is 11.3 Å². The molecule has 0 atom stereocenters. The molecule has 3 aromatic heterocycles. The molecule has 0 radical (unpaired) electrons. The van der Waals surface area contributed by atoms with Gasteiger partial charge in [-0.3, -0.25) is 14.5 Å². The summed E-state index contributed by atoms with van der Waals surface area (Å²) in [6, 6.07) is 17.9. The second kappa shape index (κ2) is 6.29. The average molecular weight is 390 g/mol. The van der Waals surface area contributed by atoms with Crippen LogP contribution in [0.15, 0.2) is 60.8 Å². The number of aromatic nitrogens is 3. The summed E-state index contributed by atoms with van der Waals surface area (Å²) in [5, 5.41) is 3.53. The van der Waals surface area contributed by atoms with Gasteiger partial charge in [0.1, 0.15) is 4.88 Å². The number of nitrogens with zero attached hydrogens (tertiary/aromatic N) is 3. The van der Waals surface area contributed by atoms with Crippen molar-refractivity contribution in [3.63, 3.8) is 0 Å². The highest BCUT2D eigenvalue weighted by atomic mass is 32.1. The minimum atomic E-state index is -0.150. The molecule has 0 unspecified atom stereocenters. The van der Waals surface area contributed by atoms with E-state index >= 15 is 0 Å². The molecule has 0 fully saturated rings. The number of benzene rings is 2. The molecule has 3 heterocycles. The number of anilines is 1. The molecule has 0 spiro atoms. The van der Waals surface area contributed by atoms with Gasteiger partial charge in [-0.1, -0.05) is 65.1 Å². The van der Waals surface area contributed by atoms with Gasteiger partial charge in [-0.05, 0) is 19.1 Å². The largest absolute Gasteiger partial charge is 0.297 e. The summed E-state index contributed by atoms with van der Waals surface area (Å²) in [7, 11) is 0. The van der Waals surface area contributed by atoms with E-state index in [1.54, 1.807) is 0 Å². The number of imidazole rings is 1. The van der Waals surface area contributed by atoms with Gasteiger partial charge in [-0.15, -0.1) is 0 Å². The van der Waals surface area contributed by atoms with Crippen molar-refractivity contribution in [3.05, 3.63) is 71.4 Å². The van der Waals surface area contributed by atoms with Crippen molar-refractivity contribution in [1.82, 2.24) is 14.4 Å². The molecule has 0 aliphatic heterocycles. The van der Waals surface area contributed by atoms with Gasteiger partial charge < -0.3 is 0 Å².